The van der Waals surface area contributed by atoms with Gasteiger partial charge in [-0.1, -0.05) is 20.3 Å². The summed E-state index contributed by atoms with van der Waals surface area (Å²) in [6.45, 7) is 4.68. The van der Waals surface area contributed by atoms with Crippen molar-refractivity contribution in [3.05, 3.63) is 33.9 Å². The molecule has 0 radical (unpaired) electrons. The minimum atomic E-state index is -0.537. The number of benzene rings is 1. The predicted octanol–water partition coefficient (Wildman–Crippen LogP) is 2.30. The molecule has 0 heterocycles. The zero-order chi connectivity index (χ0) is 14.6. The van der Waals surface area contributed by atoms with Crippen LogP contribution in [0.25, 0.3) is 0 Å². The number of hydrogen-bond acceptors (Lipinski definition) is 4. The summed E-state index contributed by atoms with van der Waals surface area (Å²) in [5.41, 5.74) is 6.03. The molecule has 0 aliphatic rings. The zero-order valence-electron chi connectivity index (χ0n) is 11.4. The highest BCUT2D eigenvalue weighted by Gasteiger charge is 2.19. The monoisotopic (exact) mass is 265 g/mol. The fourth-order valence-electron chi connectivity index (χ4n) is 1.73. The van der Waals surface area contributed by atoms with Crippen LogP contribution in [0.3, 0.4) is 0 Å². The Bertz CT molecular complexity index is 488. The minimum Gasteiger partial charge on any atom is -0.398 e. The molecule has 0 spiro atoms. The van der Waals surface area contributed by atoms with Crippen molar-refractivity contribution in [3.8, 4) is 0 Å². The van der Waals surface area contributed by atoms with Crippen molar-refractivity contribution in [1.82, 2.24) is 4.90 Å². The van der Waals surface area contributed by atoms with E-state index in [1.807, 2.05) is 13.8 Å². The Kier molecular flexibility index (Phi) is 4.86. The van der Waals surface area contributed by atoms with E-state index >= 15 is 0 Å². The molecular weight excluding hydrogens is 246 g/mol. The second kappa shape index (κ2) is 6.17. The van der Waals surface area contributed by atoms with Gasteiger partial charge in [0.15, 0.2) is 0 Å². The molecule has 0 fully saturated rings. The van der Waals surface area contributed by atoms with E-state index in [1.165, 1.54) is 18.2 Å². The fraction of sp³-hybridized carbons (Fsp3) is 0.462. The quantitative estimate of drug-likeness (QED) is 0.502. The summed E-state index contributed by atoms with van der Waals surface area (Å²) in [5, 5.41) is 10.7. The third-order valence-electron chi connectivity index (χ3n) is 3.11. The van der Waals surface area contributed by atoms with E-state index in [4.69, 9.17) is 5.73 Å². The highest BCUT2D eigenvalue weighted by molar-refractivity contribution is 5.99. The smallest absolute Gasteiger partial charge is 0.270 e. The SMILES string of the molecule is CCC(C)CN(C)C(=O)c1cc([N+](=O)[O-])ccc1N. The van der Waals surface area contributed by atoms with Gasteiger partial charge in [0.2, 0.25) is 0 Å². The van der Waals surface area contributed by atoms with Gasteiger partial charge in [-0.3, -0.25) is 14.9 Å². The first-order valence-electron chi connectivity index (χ1n) is 6.16. The molecule has 0 aliphatic heterocycles. The summed E-state index contributed by atoms with van der Waals surface area (Å²) < 4.78 is 0. The fourth-order valence-corrected chi connectivity index (χ4v) is 1.73. The number of non-ortho nitro benzene ring substituents is 1. The summed E-state index contributed by atoms with van der Waals surface area (Å²) in [7, 11) is 1.67. The molecule has 1 unspecified atom stereocenters. The van der Waals surface area contributed by atoms with Gasteiger partial charge in [0, 0.05) is 31.4 Å². The van der Waals surface area contributed by atoms with Crippen LogP contribution in [0, 0.1) is 16.0 Å². The van der Waals surface area contributed by atoms with Crippen molar-refractivity contribution >= 4 is 17.3 Å². The number of carbonyl (C=O) groups is 1. The average Bonchev–Trinajstić information content (AvgIpc) is 2.37. The molecule has 1 aromatic carbocycles. The minimum absolute atomic E-state index is 0.130. The number of nitrogen functional groups attached to an aromatic ring is 1. The maximum atomic E-state index is 12.2. The molecule has 6 nitrogen and oxygen atoms in total. The second-order valence-corrected chi connectivity index (χ2v) is 4.73. The summed E-state index contributed by atoms with van der Waals surface area (Å²) in [6.07, 6.45) is 0.960. The molecule has 6 heteroatoms. The largest absolute Gasteiger partial charge is 0.398 e. The third-order valence-corrected chi connectivity index (χ3v) is 3.11. The molecule has 104 valence electrons. The Balaban J connectivity index is 2.98. The highest BCUT2D eigenvalue weighted by Crippen LogP contribution is 2.21. The van der Waals surface area contributed by atoms with Crippen LogP contribution in [0.5, 0.6) is 0 Å². The Morgan fingerprint density at radius 1 is 1.53 bits per heavy atom. The van der Waals surface area contributed by atoms with E-state index in [-0.39, 0.29) is 22.8 Å². The van der Waals surface area contributed by atoms with Crippen molar-refractivity contribution in [3.63, 3.8) is 0 Å². The molecule has 0 aliphatic carbocycles. The molecule has 0 saturated heterocycles. The van der Waals surface area contributed by atoms with Crippen LogP contribution in [0.15, 0.2) is 18.2 Å². The molecule has 1 amide bonds. The van der Waals surface area contributed by atoms with Gasteiger partial charge in [-0.2, -0.15) is 0 Å². The van der Waals surface area contributed by atoms with Crippen molar-refractivity contribution in [2.24, 2.45) is 5.92 Å². The van der Waals surface area contributed by atoms with Crippen LogP contribution in [-0.2, 0) is 0 Å². The van der Waals surface area contributed by atoms with E-state index in [0.29, 0.717) is 12.5 Å². The van der Waals surface area contributed by atoms with E-state index in [0.717, 1.165) is 6.42 Å². The predicted molar refractivity (Wildman–Crippen MR) is 73.9 cm³/mol. The number of anilines is 1. The van der Waals surface area contributed by atoms with Crippen molar-refractivity contribution in [2.75, 3.05) is 19.3 Å². The average molecular weight is 265 g/mol. The lowest BCUT2D eigenvalue weighted by molar-refractivity contribution is -0.384. The number of nitro groups is 1. The van der Waals surface area contributed by atoms with Gasteiger partial charge in [0.1, 0.15) is 0 Å². The molecule has 0 saturated carbocycles. The Labute approximate surface area is 112 Å². The lowest BCUT2D eigenvalue weighted by Gasteiger charge is -2.21. The molecule has 1 aromatic rings. The van der Waals surface area contributed by atoms with Crippen molar-refractivity contribution in [1.29, 1.82) is 0 Å². The van der Waals surface area contributed by atoms with E-state index in [1.54, 1.807) is 11.9 Å². The van der Waals surface area contributed by atoms with Crippen LogP contribution in [0.2, 0.25) is 0 Å². The molecule has 19 heavy (non-hydrogen) atoms. The number of nitro benzene ring substituents is 1. The van der Waals surface area contributed by atoms with Gasteiger partial charge in [-0.05, 0) is 12.0 Å². The zero-order valence-corrected chi connectivity index (χ0v) is 11.4. The van der Waals surface area contributed by atoms with Crippen LogP contribution in [0.1, 0.15) is 30.6 Å². The van der Waals surface area contributed by atoms with E-state index < -0.39 is 4.92 Å². The van der Waals surface area contributed by atoms with Crippen LogP contribution >= 0.6 is 0 Å². The van der Waals surface area contributed by atoms with Crippen LogP contribution in [-0.4, -0.2) is 29.3 Å². The molecule has 1 atom stereocenters. The first kappa shape index (κ1) is 14.9. The van der Waals surface area contributed by atoms with Gasteiger partial charge < -0.3 is 10.6 Å². The van der Waals surface area contributed by atoms with Crippen molar-refractivity contribution < 1.29 is 9.72 Å². The summed E-state index contributed by atoms with van der Waals surface area (Å²) >= 11 is 0. The van der Waals surface area contributed by atoms with Gasteiger partial charge in [-0.15, -0.1) is 0 Å². The first-order chi connectivity index (χ1) is 8.86. The lowest BCUT2D eigenvalue weighted by Crippen LogP contribution is -2.31. The topological polar surface area (TPSA) is 89.5 Å². The molecule has 2 N–H and O–H groups in total. The summed E-state index contributed by atoms with van der Waals surface area (Å²) in [5.74, 6) is 0.0790. The standard InChI is InChI=1S/C13H19N3O3/c1-4-9(2)8-15(3)13(17)11-7-10(16(18)19)5-6-12(11)14/h5-7,9H,4,8,14H2,1-3H3. The van der Waals surface area contributed by atoms with E-state index in [9.17, 15) is 14.9 Å². The van der Waals surface area contributed by atoms with Gasteiger partial charge in [0.05, 0.1) is 10.5 Å². The molecular formula is C13H19N3O3. The van der Waals surface area contributed by atoms with Gasteiger partial charge in [0.25, 0.3) is 11.6 Å². The Hall–Kier alpha value is -2.11. The summed E-state index contributed by atoms with van der Waals surface area (Å²) in [6, 6.07) is 3.91. The first-order valence-corrected chi connectivity index (χ1v) is 6.16. The van der Waals surface area contributed by atoms with Crippen molar-refractivity contribution in [2.45, 2.75) is 20.3 Å². The van der Waals surface area contributed by atoms with Gasteiger partial charge >= 0.3 is 0 Å². The molecule has 0 aromatic heterocycles. The number of hydrogen-bond donors (Lipinski definition) is 1. The van der Waals surface area contributed by atoms with Crippen LogP contribution < -0.4 is 5.73 Å². The molecule has 1 rings (SSSR count). The second-order valence-electron chi connectivity index (χ2n) is 4.73. The number of amides is 1. The Morgan fingerprint density at radius 3 is 2.68 bits per heavy atom. The number of nitrogens with two attached hydrogens (primary N) is 1. The normalized spacial score (nSPS) is 11.9. The number of nitrogens with zero attached hydrogens (tertiary/aromatic N) is 2. The number of carbonyl (C=O) groups excluding carboxylic acids is 1. The maximum absolute atomic E-state index is 12.2. The highest BCUT2D eigenvalue weighted by atomic mass is 16.6. The van der Waals surface area contributed by atoms with Crippen LogP contribution in [0.4, 0.5) is 11.4 Å². The van der Waals surface area contributed by atoms with E-state index in [2.05, 4.69) is 0 Å². The summed E-state index contributed by atoms with van der Waals surface area (Å²) in [4.78, 5) is 23.9. The molecule has 0 bridgehead atoms. The third kappa shape index (κ3) is 3.67. The Morgan fingerprint density at radius 2 is 2.16 bits per heavy atom. The lowest BCUT2D eigenvalue weighted by atomic mass is 10.1. The number of rotatable bonds is 5. The van der Waals surface area contributed by atoms with Gasteiger partial charge in [-0.25, -0.2) is 0 Å². The maximum Gasteiger partial charge on any atom is 0.270 e.